The second kappa shape index (κ2) is 11.3. The fourth-order valence-corrected chi connectivity index (χ4v) is 2.07. The van der Waals surface area contributed by atoms with Gasteiger partial charge in [-0.05, 0) is 25.0 Å². The fourth-order valence-electron chi connectivity index (χ4n) is 2.07. The lowest BCUT2D eigenvalue weighted by molar-refractivity contribution is -0.137. The van der Waals surface area contributed by atoms with Gasteiger partial charge in [0.15, 0.2) is 0 Å². The third kappa shape index (κ3) is 7.05. The van der Waals surface area contributed by atoms with Gasteiger partial charge >= 0.3 is 11.9 Å². The summed E-state index contributed by atoms with van der Waals surface area (Å²) < 4.78 is 4.68. The molecule has 0 radical (unpaired) electrons. The van der Waals surface area contributed by atoms with E-state index in [1.807, 2.05) is 0 Å². The Labute approximate surface area is 151 Å². The highest BCUT2D eigenvalue weighted by Gasteiger charge is 2.12. The number of carboxylic acids is 1. The first kappa shape index (κ1) is 20.7. The average molecular weight is 359 g/mol. The van der Waals surface area contributed by atoms with Crippen LogP contribution in [0.5, 0.6) is 0 Å². The van der Waals surface area contributed by atoms with Crippen molar-refractivity contribution in [1.82, 2.24) is 5.32 Å². The summed E-state index contributed by atoms with van der Waals surface area (Å²) in [5.74, 6) is -1.93. The maximum absolute atomic E-state index is 12.0. The molecule has 0 bridgehead atoms. The molecule has 3 N–H and O–H groups in total. The van der Waals surface area contributed by atoms with Crippen molar-refractivity contribution in [2.75, 3.05) is 19.0 Å². The van der Waals surface area contributed by atoms with Crippen molar-refractivity contribution >= 4 is 23.5 Å². The van der Waals surface area contributed by atoms with Gasteiger partial charge in [-0.25, -0.2) is 4.79 Å². The number of nitriles is 1. The Hall–Kier alpha value is -3.34. The molecule has 1 aromatic rings. The number of carbonyl (C=O) groups excluding carboxylic acids is 2. The van der Waals surface area contributed by atoms with Crippen LogP contribution in [0, 0.1) is 11.3 Å². The third-order valence-corrected chi connectivity index (χ3v) is 3.42. The van der Waals surface area contributed by atoms with Crippen LogP contribution in [-0.4, -0.2) is 36.6 Å². The number of unbranched alkanes of at least 4 members (excludes halogenated alkanes) is 2. The molecule has 8 heteroatoms. The van der Waals surface area contributed by atoms with Crippen molar-refractivity contribution in [3.63, 3.8) is 0 Å². The van der Waals surface area contributed by atoms with Crippen LogP contribution in [0.1, 0.15) is 36.0 Å². The van der Waals surface area contributed by atoms with Crippen LogP contribution in [-0.2, 0) is 14.3 Å². The molecule has 0 saturated carbocycles. The molecule has 0 aliphatic rings. The molecule has 1 rings (SSSR count). The number of nitrogens with one attached hydrogen (secondary N) is 2. The second-order valence-electron chi connectivity index (χ2n) is 5.31. The topological polar surface area (TPSA) is 129 Å². The zero-order chi connectivity index (χ0) is 19.4. The number of esters is 1. The molecule has 8 nitrogen and oxygen atoms in total. The number of anilines is 1. The predicted octanol–water partition coefficient (Wildman–Crippen LogP) is 2.05. The van der Waals surface area contributed by atoms with Gasteiger partial charge in [0.1, 0.15) is 11.6 Å². The molecule has 0 heterocycles. The first-order valence-electron chi connectivity index (χ1n) is 8.03. The van der Waals surface area contributed by atoms with Crippen LogP contribution in [0.4, 0.5) is 5.69 Å². The average Bonchev–Trinajstić information content (AvgIpc) is 2.64. The number of rotatable bonds is 10. The number of nitrogens with zero attached hydrogens (tertiary/aromatic N) is 1. The first-order chi connectivity index (χ1) is 12.5. The van der Waals surface area contributed by atoms with Crippen molar-refractivity contribution in [3.8, 4) is 6.07 Å². The number of carboxylic acid groups (broad SMARTS) is 1. The number of methoxy groups -OCH3 is 1. The molecular formula is C18H21N3O5. The molecule has 1 amide bonds. The van der Waals surface area contributed by atoms with Crippen LogP contribution >= 0.6 is 0 Å². The lowest BCUT2D eigenvalue weighted by atomic mass is 10.1. The van der Waals surface area contributed by atoms with Crippen LogP contribution in [0.25, 0.3) is 0 Å². The van der Waals surface area contributed by atoms with E-state index in [1.54, 1.807) is 30.3 Å². The minimum Gasteiger partial charge on any atom is -0.481 e. The molecule has 0 saturated heterocycles. The molecular weight excluding hydrogens is 338 g/mol. The van der Waals surface area contributed by atoms with Crippen molar-refractivity contribution in [2.24, 2.45) is 0 Å². The van der Waals surface area contributed by atoms with E-state index in [0.717, 1.165) is 0 Å². The molecule has 0 unspecified atom stereocenters. The molecule has 0 aliphatic carbocycles. The van der Waals surface area contributed by atoms with Gasteiger partial charge in [-0.3, -0.25) is 9.59 Å². The van der Waals surface area contributed by atoms with Gasteiger partial charge in [-0.15, -0.1) is 0 Å². The lowest BCUT2D eigenvalue weighted by Gasteiger charge is -2.08. The van der Waals surface area contributed by atoms with Crippen LogP contribution in [0.15, 0.2) is 36.0 Å². The molecule has 0 atom stereocenters. The Morgan fingerprint density at radius 1 is 1.23 bits per heavy atom. The van der Waals surface area contributed by atoms with Crippen molar-refractivity contribution in [2.45, 2.75) is 25.7 Å². The summed E-state index contributed by atoms with van der Waals surface area (Å²) >= 11 is 0. The van der Waals surface area contributed by atoms with E-state index in [-0.39, 0.29) is 17.6 Å². The standard InChI is InChI=1S/C18H21N3O5/c1-26-18(25)14-7-4-5-8-15(14)21-12-13(11-19)17(24)20-10-6-2-3-9-16(22)23/h4-5,7-8,12,21H,2-3,6,9-10H2,1H3,(H,20,24)(H,22,23)/b13-12-. The first-order valence-corrected chi connectivity index (χ1v) is 8.03. The number of para-hydroxylation sites is 1. The van der Waals surface area contributed by atoms with Gasteiger partial charge in [0.2, 0.25) is 0 Å². The molecule has 0 fully saturated rings. The van der Waals surface area contributed by atoms with Gasteiger partial charge < -0.3 is 20.5 Å². The predicted molar refractivity (Wildman–Crippen MR) is 94.2 cm³/mol. The Morgan fingerprint density at radius 3 is 2.62 bits per heavy atom. The van der Waals surface area contributed by atoms with E-state index >= 15 is 0 Å². The van der Waals surface area contributed by atoms with E-state index in [0.29, 0.717) is 31.5 Å². The number of benzene rings is 1. The summed E-state index contributed by atoms with van der Waals surface area (Å²) in [5.41, 5.74) is 0.547. The van der Waals surface area contributed by atoms with Crippen molar-refractivity contribution in [1.29, 1.82) is 5.26 Å². The highest BCUT2D eigenvalue weighted by molar-refractivity contribution is 5.98. The van der Waals surface area contributed by atoms with Crippen LogP contribution in [0.3, 0.4) is 0 Å². The summed E-state index contributed by atoms with van der Waals surface area (Å²) in [5, 5.41) is 23.0. The smallest absolute Gasteiger partial charge is 0.339 e. The maximum atomic E-state index is 12.0. The second-order valence-corrected chi connectivity index (χ2v) is 5.31. The quantitative estimate of drug-likeness (QED) is 0.252. The molecule has 1 aromatic carbocycles. The molecule has 0 aliphatic heterocycles. The SMILES string of the molecule is COC(=O)c1ccccc1N/C=C(/C#N)C(=O)NCCCCCC(=O)O. The Morgan fingerprint density at radius 2 is 1.96 bits per heavy atom. The summed E-state index contributed by atoms with van der Waals surface area (Å²) in [7, 11) is 1.26. The van der Waals surface area contributed by atoms with E-state index in [1.165, 1.54) is 13.3 Å². The van der Waals surface area contributed by atoms with Crippen LogP contribution in [0.2, 0.25) is 0 Å². The van der Waals surface area contributed by atoms with Gasteiger partial charge in [-0.2, -0.15) is 5.26 Å². The summed E-state index contributed by atoms with van der Waals surface area (Å²) in [6.07, 6.45) is 3.15. The monoisotopic (exact) mass is 359 g/mol. The van der Waals surface area contributed by atoms with E-state index in [4.69, 9.17) is 10.4 Å². The van der Waals surface area contributed by atoms with Gasteiger partial charge in [0, 0.05) is 19.2 Å². The molecule has 0 spiro atoms. The minimum atomic E-state index is -0.845. The van der Waals surface area contributed by atoms with Gasteiger partial charge in [0.05, 0.1) is 18.4 Å². The summed E-state index contributed by atoms with van der Waals surface area (Å²) in [4.78, 5) is 34.1. The maximum Gasteiger partial charge on any atom is 0.339 e. The third-order valence-electron chi connectivity index (χ3n) is 3.42. The molecule has 138 valence electrons. The number of hydrogen-bond donors (Lipinski definition) is 3. The number of amides is 1. The molecule has 26 heavy (non-hydrogen) atoms. The zero-order valence-corrected chi connectivity index (χ0v) is 14.4. The van der Waals surface area contributed by atoms with Crippen molar-refractivity contribution in [3.05, 3.63) is 41.6 Å². The van der Waals surface area contributed by atoms with E-state index in [9.17, 15) is 14.4 Å². The fraction of sp³-hybridized carbons (Fsp3) is 0.333. The van der Waals surface area contributed by atoms with Crippen LogP contribution < -0.4 is 10.6 Å². The summed E-state index contributed by atoms with van der Waals surface area (Å²) in [6.45, 7) is 0.343. The lowest BCUT2D eigenvalue weighted by Crippen LogP contribution is -2.26. The normalized spacial score (nSPS) is 10.5. The Bertz CT molecular complexity index is 722. The number of carbonyl (C=O) groups is 3. The Kier molecular flexibility index (Phi) is 8.96. The summed E-state index contributed by atoms with van der Waals surface area (Å²) in [6, 6.07) is 8.35. The highest BCUT2D eigenvalue weighted by atomic mass is 16.5. The highest BCUT2D eigenvalue weighted by Crippen LogP contribution is 2.16. The largest absolute Gasteiger partial charge is 0.481 e. The number of ether oxygens (including phenoxy) is 1. The van der Waals surface area contributed by atoms with E-state index in [2.05, 4.69) is 15.4 Å². The molecule has 0 aromatic heterocycles. The minimum absolute atomic E-state index is 0.0980. The van der Waals surface area contributed by atoms with Gasteiger partial charge in [-0.1, -0.05) is 18.6 Å². The number of aliphatic carboxylic acids is 1. The van der Waals surface area contributed by atoms with E-state index < -0.39 is 17.8 Å². The number of hydrogen-bond acceptors (Lipinski definition) is 6. The van der Waals surface area contributed by atoms with Crippen molar-refractivity contribution < 1.29 is 24.2 Å². The van der Waals surface area contributed by atoms with Gasteiger partial charge in [0.25, 0.3) is 5.91 Å². The Balaban J connectivity index is 2.58. The zero-order valence-electron chi connectivity index (χ0n) is 14.4.